The van der Waals surface area contributed by atoms with E-state index in [4.69, 9.17) is 0 Å². The van der Waals surface area contributed by atoms with Gasteiger partial charge in [0.05, 0.1) is 3.57 Å². The summed E-state index contributed by atoms with van der Waals surface area (Å²) in [5.41, 5.74) is 0. The summed E-state index contributed by atoms with van der Waals surface area (Å²) in [6.45, 7) is 4.83. The van der Waals surface area contributed by atoms with Crippen LogP contribution in [0.5, 0.6) is 0 Å². The van der Waals surface area contributed by atoms with E-state index >= 15 is 0 Å². The Hall–Kier alpha value is -0.390. The fraction of sp³-hybridized carbons (Fsp3) is 0.429. The molecular weight excluding hydrogens is 253 g/mol. The first-order valence-electron chi connectivity index (χ1n) is 3.47. The van der Waals surface area contributed by atoms with Crippen molar-refractivity contribution in [2.75, 3.05) is 11.9 Å². The molecule has 0 unspecified atom stereocenters. The van der Waals surface area contributed by atoms with Crippen LogP contribution in [-0.4, -0.2) is 16.5 Å². The normalized spacial score (nSPS) is 9.73. The monoisotopic (exact) mass is 263 g/mol. The van der Waals surface area contributed by atoms with Crippen molar-refractivity contribution < 1.29 is 0 Å². The quantitative estimate of drug-likeness (QED) is 0.827. The van der Waals surface area contributed by atoms with Crippen molar-refractivity contribution in [3.05, 3.63) is 15.6 Å². The van der Waals surface area contributed by atoms with Gasteiger partial charge >= 0.3 is 0 Å². The van der Waals surface area contributed by atoms with Crippen LogP contribution in [0, 0.1) is 10.5 Å². The smallest absolute Gasteiger partial charge is 0.143 e. The molecule has 0 aromatic carbocycles. The molecule has 0 aliphatic rings. The van der Waals surface area contributed by atoms with Crippen LogP contribution in [0.15, 0.2) is 6.20 Å². The molecule has 1 aromatic rings. The molecule has 0 amide bonds. The molecule has 0 aliphatic heterocycles. The van der Waals surface area contributed by atoms with Gasteiger partial charge in [-0.25, -0.2) is 9.97 Å². The van der Waals surface area contributed by atoms with Crippen molar-refractivity contribution in [1.82, 2.24) is 9.97 Å². The number of nitrogens with zero attached hydrogens (tertiary/aromatic N) is 2. The molecule has 1 heterocycles. The maximum atomic E-state index is 4.23. The van der Waals surface area contributed by atoms with E-state index in [1.807, 2.05) is 20.0 Å². The largest absolute Gasteiger partial charge is 0.369 e. The second-order valence-corrected chi connectivity index (χ2v) is 3.31. The van der Waals surface area contributed by atoms with Crippen molar-refractivity contribution in [3.8, 4) is 0 Å². The number of hydrogen-bond acceptors (Lipinski definition) is 3. The third-order valence-corrected chi connectivity index (χ3v) is 2.00. The lowest BCUT2D eigenvalue weighted by Crippen LogP contribution is -2.03. The van der Waals surface area contributed by atoms with E-state index < -0.39 is 0 Å². The van der Waals surface area contributed by atoms with Crippen LogP contribution >= 0.6 is 22.6 Å². The summed E-state index contributed by atoms with van der Waals surface area (Å²) in [5.74, 6) is 1.74. The first-order chi connectivity index (χ1) is 5.24. The van der Waals surface area contributed by atoms with Gasteiger partial charge in [0.2, 0.25) is 0 Å². The Morgan fingerprint density at radius 1 is 1.64 bits per heavy atom. The van der Waals surface area contributed by atoms with E-state index in [0.29, 0.717) is 0 Å². The molecule has 0 radical (unpaired) electrons. The highest BCUT2D eigenvalue weighted by Crippen LogP contribution is 2.12. The fourth-order valence-electron chi connectivity index (χ4n) is 0.747. The van der Waals surface area contributed by atoms with Gasteiger partial charge in [-0.05, 0) is 36.4 Å². The van der Waals surface area contributed by atoms with Crippen molar-refractivity contribution in [2.45, 2.75) is 13.8 Å². The van der Waals surface area contributed by atoms with Gasteiger partial charge in [0.1, 0.15) is 11.6 Å². The molecule has 0 saturated heterocycles. The minimum Gasteiger partial charge on any atom is -0.369 e. The zero-order chi connectivity index (χ0) is 8.27. The van der Waals surface area contributed by atoms with Crippen molar-refractivity contribution >= 4 is 28.4 Å². The lowest BCUT2D eigenvalue weighted by atomic mass is 10.5. The molecule has 0 bridgehead atoms. The van der Waals surface area contributed by atoms with Gasteiger partial charge in [0.15, 0.2) is 0 Å². The summed E-state index contributed by atoms with van der Waals surface area (Å²) < 4.78 is 1.06. The molecule has 0 spiro atoms. The minimum atomic E-state index is 0.807. The molecule has 3 nitrogen and oxygen atoms in total. The number of nitrogens with one attached hydrogen (secondary N) is 1. The Bertz CT molecular complexity index is 249. The van der Waals surface area contributed by atoms with Crippen molar-refractivity contribution in [1.29, 1.82) is 0 Å². The third-order valence-electron chi connectivity index (χ3n) is 1.21. The number of aryl methyl sites for hydroxylation is 1. The predicted molar refractivity (Wildman–Crippen MR) is 53.6 cm³/mol. The number of anilines is 1. The highest BCUT2D eigenvalue weighted by molar-refractivity contribution is 14.1. The number of aromatic nitrogens is 2. The van der Waals surface area contributed by atoms with E-state index in [1.54, 1.807) is 0 Å². The average molecular weight is 263 g/mol. The Morgan fingerprint density at radius 2 is 2.36 bits per heavy atom. The van der Waals surface area contributed by atoms with Gasteiger partial charge in [-0.1, -0.05) is 0 Å². The Balaban J connectivity index is 2.93. The van der Waals surface area contributed by atoms with Crippen LogP contribution in [0.1, 0.15) is 12.7 Å². The molecule has 11 heavy (non-hydrogen) atoms. The predicted octanol–water partition coefficient (Wildman–Crippen LogP) is 1.82. The van der Waals surface area contributed by atoms with E-state index in [2.05, 4.69) is 37.9 Å². The Morgan fingerprint density at radius 3 is 3.00 bits per heavy atom. The second-order valence-electron chi connectivity index (χ2n) is 2.14. The molecule has 60 valence electrons. The number of rotatable bonds is 2. The molecule has 4 heteroatoms. The highest BCUT2D eigenvalue weighted by Gasteiger charge is 1.99. The van der Waals surface area contributed by atoms with Gasteiger partial charge < -0.3 is 5.32 Å². The van der Waals surface area contributed by atoms with Gasteiger partial charge in [-0.2, -0.15) is 0 Å². The summed E-state index contributed by atoms with van der Waals surface area (Å²) in [6, 6.07) is 0. The van der Waals surface area contributed by atoms with Crippen LogP contribution in [0.4, 0.5) is 5.82 Å². The topological polar surface area (TPSA) is 37.8 Å². The number of hydrogen-bond donors (Lipinski definition) is 1. The van der Waals surface area contributed by atoms with E-state index in [0.717, 1.165) is 21.8 Å². The number of halogens is 1. The third kappa shape index (κ3) is 2.28. The highest BCUT2D eigenvalue weighted by atomic mass is 127. The van der Waals surface area contributed by atoms with E-state index in [1.165, 1.54) is 0 Å². The molecule has 0 fully saturated rings. The lowest BCUT2D eigenvalue weighted by molar-refractivity contribution is 1.02. The summed E-state index contributed by atoms with van der Waals surface area (Å²) in [4.78, 5) is 8.30. The average Bonchev–Trinajstić information content (AvgIpc) is 1.98. The van der Waals surface area contributed by atoms with Crippen molar-refractivity contribution in [3.63, 3.8) is 0 Å². The summed E-state index contributed by atoms with van der Waals surface area (Å²) >= 11 is 2.21. The zero-order valence-electron chi connectivity index (χ0n) is 6.56. The maximum Gasteiger partial charge on any atom is 0.143 e. The summed E-state index contributed by atoms with van der Waals surface area (Å²) in [6.07, 6.45) is 1.82. The Kier molecular flexibility index (Phi) is 3.04. The van der Waals surface area contributed by atoms with Crippen molar-refractivity contribution in [2.24, 2.45) is 0 Å². The van der Waals surface area contributed by atoms with Gasteiger partial charge in [-0.3, -0.25) is 0 Å². The lowest BCUT2D eigenvalue weighted by Gasteiger charge is -2.03. The van der Waals surface area contributed by atoms with Crippen LogP contribution in [-0.2, 0) is 0 Å². The molecule has 0 atom stereocenters. The molecular formula is C7H10IN3. The van der Waals surface area contributed by atoms with Crippen LogP contribution in [0.3, 0.4) is 0 Å². The molecule has 0 saturated carbocycles. The fourth-order valence-corrected chi connectivity index (χ4v) is 1.20. The summed E-state index contributed by atoms with van der Waals surface area (Å²) in [7, 11) is 0. The summed E-state index contributed by atoms with van der Waals surface area (Å²) in [5, 5.41) is 3.16. The second kappa shape index (κ2) is 3.85. The standard InChI is InChI=1S/C7H10IN3/c1-3-9-7-6(8)4-10-5(2)11-7/h4H,3H2,1-2H3,(H,9,10,11). The molecule has 1 rings (SSSR count). The zero-order valence-corrected chi connectivity index (χ0v) is 8.71. The van der Waals surface area contributed by atoms with Gasteiger partial charge in [-0.15, -0.1) is 0 Å². The molecule has 1 aromatic heterocycles. The van der Waals surface area contributed by atoms with E-state index in [-0.39, 0.29) is 0 Å². The van der Waals surface area contributed by atoms with Crippen LogP contribution < -0.4 is 5.32 Å². The van der Waals surface area contributed by atoms with Gasteiger partial charge in [0.25, 0.3) is 0 Å². The molecule has 1 N–H and O–H groups in total. The van der Waals surface area contributed by atoms with Gasteiger partial charge in [0, 0.05) is 12.7 Å². The molecule has 0 aliphatic carbocycles. The first kappa shape index (κ1) is 8.70. The Labute approximate surface area is 79.8 Å². The minimum absolute atomic E-state index is 0.807. The van der Waals surface area contributed by atoms with Crippen LogP contribution in [0.25, 0.3) is 0 Å². The first-order valence-corrected chi connectivity index (χ1v) is 4.55. The maximum absolute atomic E-state index is 4.23. The van der Waals surface area contributed by atoms with Crippen LogP contribution in [0.2, 0.25) is 0 Å². The van der Waals surface area contributed by atoms with E-state index in [9.17, 15) is 0 Å². The SMILES string of the molecule is CCNc1nc(C)ncc1I.